The zero-order valence-electron chi connectivity index (χ0n) is 16.1. The van der Waals surface area contributed by atoms with Crippen molar-refractivity contribution < 1.29 is 9.59 Å². The maximum Gasteiger partial charge on any atom is 0.226 e. The zero-order chi connectivity index (χ0) is 20.8. The quantitative estimate of drug-likeness (QED) is 0.664. The molecule has 0 spiro atoms. The van der Waals surface area contributed by atoms with E-state index in [1.165, 1.54) is 6.92 Å². The number of halogens is 2. The van der Waals surface area contributed by atoms with Crippen LogP contribution in [0, 0.1) is 0 Å². The van der Waals surface area contributed by atoms with Crippen LogP contribution in [0.15, 0.2) is 42.5 Å². The molecule has 1 heterocycles. The number of anilines is 2. The summed E-state index contributed by atoms with van der Waals surface area (Å²) in [5.74, 6) is 1.70. The fraction of sp³-hybridized carbons (Fsp3) is 0.333. The number of hydrogen-bond acceptors (Lipinski definition) is 4. The second kappa shape index (κ2) is 10.2. The van der Waals surface area contributed by atoms with E-state index in [0.29, 0.717) is 15.7 Å². The largest absolute Gasteiger partial charge is 0.368 e. The lowest BCUT2D eigenvalue weighted by atomic mass is 10.0. The molecule has 8 heteroatoms. The van der Waals surface area contributed by atoms with E-state index in [0.717, 1.165) is 35.8 Å². The van der Waals surface area contributed by atoms with E-state index in [1.54, 1.807) is 18.2 Å². The number of carbonyl (C=O) groups is 2. The van der Waals surface area contributed by atoms with Crippen molar-refractivity contribution in [3.05, 3.63) is 58.1 Å². The van der Waals surface area contributed by atoms with Gasteiger partial charge in [0.2, 0.25) is 11.8 Å². The maximum atomic E-state index is 12.8. The first-order chi connectivity index (χ1) is 13.9. The lowest BCUT2D eigenvalue weighted by molar-refractivity contribution is -0.120. The number of nitrogens with one attached hydrogen (secondary N) is 2. The van der Waals surface area contributed by atoms with Crippen LogP contribution >= 0.6 is 35.0 Å². The molecule has 1 fully saturated rings. The molecular formula is C21H23Cl2N3O2S. The standard InChI is InChI=1S/C21H23Cl2N3O2S/c1-14(27)24-18(15-2-4-16(22)5-3-15)13-21(28)25-19-12-17(23)6-7-20(19)26-8-10-29-11-9-26/h2-7,12,18H,8-11,13H2,1H3,(H,24,27)(H,25,28)/t18-/m1/s1. The molecule has 154 valence electrons. The van der Waals surface area contributed by atoms with Crippen molar-refractivity contribution in [2.45, 2.75) is 19.4 Å². The summed E-state index contributed by atoms with van der Waals surface area (Å²) in [6.45, 7) is 3.28. The van der Waals surface area contributed by atoms with Crippen LogP contribution < -0.4 is 15.5 Å². The Balaban J connectivity index is 1.76. The van der Waals surface area contributed by atoms with E-state index < -0.39 is 6.04 Å². The maximum absolute atomic E-state index is 12.8. The Morgan fingerprint density at radius 2 is 1.72 bits per heavy atom. The van der Waals surface area contributed by atoms with E-state index in [4.69, 9.17) is 23.2 Å². The Morgan fingerprint density at radius 1 is 1.07 bits per heavy atom. The van der Waals surface area contributed by atoms with Crippen LogP contribution in [0.4, 0.5) is 11.4 Å². The third-order valence-corrected chi connectivity index (χ3v) is 6.05. The minimum atomic E-state index is -0.446. The first-order valence-electron chi connectivity index (χ1n) is 9.37. The Hall–Kier alpha value is -1.89. The summed E-state index contributed by atoms with van der Waals surface area (Å²) in [5, 5.41) is 6.99. The first-order valence-corrected chi connectivity index (χ1v) is 11.3. The summed E-state index contributed by atoms with van der Waals surface area (Å²) in [6, 6.07) is 12.2. The molecule has 2 amide bonds. The summed E-state index contributed by atoms with van der Waals surface area (Å²) >= 11 is 14.1. The van der Waals surface area contributed by atoms with Crippen LogP contribution in [0.5, 0.6) is 0 Å². The van der Waals surface area contributed by atoms with Crippen molar-refractivity contribution in [1.82, 2.24) is 5.32 Å². The van der Waals surface area contributed by atoms with Gasteiger partial charge in [0.1, 0.15) is 0 Å². The van der Waals surface area contributed by atoms with Gasteiger partial charge in [-0.2, -0.15) is 11.8 Å². The van der Waals surface area contributed by atoms with Crippen LogP contribution in [-0.4, -0.2) is 36.4 Å². The Bertz CT molecular complexity index is 871. The third-order valence-electron chi connectivity index (χ3n) is 4.62. The summed E-state index contributed by atoms with van der Waals surface area (Å²) in [6.07, 6.45) is 0.100. The van der Waals surface area contributed by atoms with Crippen molar-refractivity contribution in [3.63, 3.8) is 0 Å². The highest BCUT2D eigenvalue weighted by atomic mass is 35.5. The number of nitrogens with zero attached hydrogens (tertiary/aromatic N) is 1. The summed E-state index contributed by atoms with van der Waals surface area (Å²) in [5.41, 5.74) is 2.47. The van der Waals surface area contributed by atoms with Gasteiger partial charge in [-0.25, -0.2) is 0 Å². The number of amides is 2. The van der Waals surface area contributed by atoms with Gasteiger partial charge in [0.15, 0.2) is 0 Å². The van der Waals surface area contributed by atoms with Crippen molar-refractivity contribution >= 4 is 58.2 Å². The number of carbonyl (C=O) groups excluding carboxylic acids is 2. The molecule has 1 atom stereocenters. The molecule has 2 aromatic rings. The van der Waals surface area contributed by atoms with Gasteiger partial charge in [0.25, 0.3) is 0 Å². The minimum Gasteiger partial charge on any atom is -0.368 e. The second-order valence-corrected chi connectivity index (χ2v) is 8.92. The molecular weight excluding hydrogens is 429 g/mol. The predicted octanol–water partition coefficient (Wildman–Crippen LogP) is 4.75. The molecule has 1 aliphatic heterocycles. The van der Waals surface area contributed by atoms with Crippen LogP contribution in [0.2, 0.25) is 10.0 Å². The van der Waals surface area contributed by atoms with Crippen LogP contribution in [0.25, 0.3) is 0 Å². The molecule has 0 saturated carbocycles. The summed E-state index contributed by atoms with van der Waals surface area (Å²) in [4.78, 5) is 26.7. The molecule has 0 radical (unpaired) electrons. The molecule has 1 aliphatic rings. The van der Waals surface area contributed by atoms with E-state index >= 15 is 0 Å². The minimum absolute atomic E-state index is 0.100. The smallest absolute Gasteiger partial charge is 0.226 e. The first kappa shape index (κ1) is 21.8. The summed E-state index contributed by atoms with van der Waals surface area (Å²) in [7, 11) is 0. The number of thioether (sulfide) groups is 1. The Kier molecular flexibility index (Phi) is 7.70. The van der Waals surface area contributed by atoms with E-state index in [-0.39, 0.29) is 18.2 Å². The number of benzene rings is 2. The normalized spacial score (nSPS) is 14.9. The second-order valence-electron chi connectivity index (χ2n) is 6.82. The molecule has 3 rings (SSSR count). The molecule has 1 saturated heterocycles. The number of hydrogen-bond donors (Lipinski definition) is 2. The Morgan fingerprint density at radius 3 is 2.38 bits per heavy atom. The predicted molar refractivity (Wildman–Crippen MR) is 122 cm³/mol. The van der Waals surface area contributed by atoms with Gasteiger partial charge in [-0.15, -0.1) is 0 Å². The monoisotopic (exact) mass is 451 g/mol. The van der Waals surface area contributed by atoms with Gasteiger partial charge in [-0.05, 0) is 35.9 Å². The van der Waals surface area contributed by atoms with Gasteiger partial charge in [-0.1, -0.05) is 35.3 Å². The topological polar surface area (TPSA) is 61.4 Å². The molecule has 5 nitrogen and oxygen atoms in total. The molecule has 2 aromatic carbocycles. The lowest BCUT2D eigenvalue weighted by Crippen LogP contribution is -2.33. The highest BCUT2D eigenvalue weighted by Crippen LogP contribution is 2.31. The van der Waals surface area contributed by atoms with Gasteiger partial charge >= 0.3 is 0 Å². The average molecular weight is 452 g/mol. The van der Waals surface area contributed by atoms with Crippen LogP contribution in [0.1, 0.15) is 24.9 Å². The summed E-state index contributed by atoms with van der Waals surface area (Å²) < 4.78 is 0. The molecule has 2 N–H and O–H groups in total. The highest BCUT2D eigenvalue weighted by molar-refractivity contribution is 7.99. The Labute approximate surface area is 185 Å². The van der Waals surface area contributed by atoms with Crippen molar-refractivity contribution in [2.24, 2.45) is 0 Å². The molecule has 0 bridgehead atoms. The van der Waals surface area contributed by atoms with Crippen molar-refractivity contribution in [2.75, 3.05) is 34.8 Å². The van der Waals surface area contributed by atoms with Crippen molar-refractivity contribution in [3.8, 4) is 0 Å². The van der Waals surface area contributed by atoms with Crippen molar-refractivity contribution in [1.29, 1.82) is 0 Å². The third kappa shape index (κ3) is 6.29. The molecule has 0 unspecified atom stereocenters. The number of rotatable bonds is 6. The fourth-order valence-corrected chi connectivity index (χ4v) is 4.47. The SMILES string of the molecule is CC(=O)N[C@H](CC(=O)Nc1cc(Cl)ccc1N1CCSCC1)c1ccc(Cl)cc1. The van der Waals surface area contributed by atoms with E-state index in [9.17, 15) is 9.59 Å². The van der Waals surface area contributed by atoms with Gasteiger partial charge in [0.05, 0.1) is 23.8 Å². The molecule has 0 aromatic heterocycles. The fourth-order valence-electron chi connectivity index (χ4n) is 3.27. The average Bonchev–Trinajstić information content (AvgIpc) is 2.68. The van der Waals surface area contributed by atoms with Gasteiger partial charge in [0, 0.05) is 41.6 Å². The molecule has 0 aliphatic carbocycles. The highest BCUT2D eigenvalue weighted by Gasteiger charge is 2.20. The van der Waals surface area contributed by atoms with Crippen LogP contribution in [-0.2, 0) is 9.59 Å². The van der Waals surface area contributed by atoms with E-state index in [1.807, 2.05) is 36.0 Å². The van der Waals surface area contributed by atoms with Gasteiger partial charge in [-0.3, -0.25) is 9.59 Å². The van der Waals surface area contributed by atoms with Gasteiger partial charge < -0.3 is 15.5 Å². The molecule has 29 heavy (non-hydrogen) atoms. The van der Waals surface area contributed by atoms with Crippen LogP contribution in [0.3, 0.4) is 0 Å². The van der Waals surface area contributed by atoms with E-state index in [2.05, 4.69) is 15.5 Å². The zero-order valence-corrected chi connectivity index (χ0v) is 18.4. The lowest BCUT2D eigenvalue weighted by Gasteiger charge is -2.30.